The van der Waals surface area contributed by atoms with Gasteiger partial charge in [-0.3, -0.25) is 0 Å². The monoisotopic (exact) mass is 488 g/mol. The number of hydrogen-bond donors (Lipinski definition) is 3. The first-order valence-electron chi connectivity index (χ1n) is 11.2. The third kappa shape index (κ3) is 4.07. The minimum Gasteiger partial charge on any atom is -0.355 e. The number of aromatic amines is 2. The van der Waals surface area contributed by atoms with Crippen LogP contribution in [0.3, 0.4) is 0 Å². The molecule has 4 aromatic rings. The van der Waals surface area contributed by atoms with Gasteiger partial charge in [0.2, 0.25) is 0 Å². The number of benzene rings is 1. The molecule has 2 aliphatic rings. The van der Waals surface area contributed by atoms with Crippen molar-refractivity contribution in [3.8, 4) is 0 Å². The van der Waals surface area contributed by atoms with Gasteiger partial charge in [-0.05, 0) is 43.0 Å². The molecule has 1 aromatic carbocycles. The maximum atomic E-state index is 12.8. The van der Waals surface area contributed by atoms with Crippen molar-refractivity contribution in [2.75, 3.05) is 18.0 Å². The van der Waals surface area contributed by atoms with E-state index in [2.05, 4.69) is 30.2 Å². The predicted octanol–water partition coefficient (Wildman–Crippen LogP) is 4.11. The van der Waals surface area contributed by atoms with Gasteiger partial charge < -0.3 is 20.2 Å². The predicted molar refractivity (Wildman–Crippen MR) is 125 cm³/mol. The van der Waals surface area contributed by atoms with Crippen LogP contribution in [0.4, 0.5) is 19.0 Å². The van der Waals surface area contributed by atoms with Crippen molar-refractivity contribution >= 4 is 38.4 Å². The summed E-state index contributed by atoms with van der Waals surface area (Å²) in [6.07, 6.45) is -0.454. The van der Waals surface area contributed by atoms with Gasteiger partial charge in [-0.25, -0.2) is 14.8 Å². The molecule has 2 fully saturated rings. The Morgan fingerprint density at radius 3 is 2.82 bits per heavy atom. The molecule has 3 N–H and O–H groups in total. The lowest BCUT2D eigenvalue weighted by molar-refractivity contribution is -0.126. The third-order valence-corrected chi connectivity index (χ3v) is 8.01. The van der Waals surface area contributed by atoms with Crippen LogP contribution in [0.15, 0.2) is 35.4 Å². The van der Waals surface area contributed by atoms with E-state index < -0.39 is 12.6 Å². The Hall–Kier alpha value is -2.92. The zero-order valence-electron chi connectivity index (χ0n) is 18.2. The fourth-order valence-corrected chi connectivity index (χ4v) is 6.48. The summed E-state index contributed by atoms with van der Waals surface area (Å²) in [4.78, 5) is 28.7. The second-order valence-electron chi connectivity index (χ2n) is 9.56. The van der Waals surface area contributed by atoms with E-state index in [1.54, 1.807) is 6.07 Å². The van der Waals surface area contributed by atoms with Gasteiger partial charge in [0.1, 0.15) is 17.0 Å². The highest BCUT2D eigenvalue weighted by molar-refractivity contribution is 7.18. The van der Waals surface area contributed by atoms with E-state index in [1.165, 1.54) is 6.33 Å². The minimum absolute atomic E-state index is 0.202. The van der Waals surface area contributed by atoms with E-state index in [4.69, 9.17) is 0 Å². The van der Waals surface area contributed by atoms with Crippen LogP contribution in [0.2, 0.25) is 0 Å². The average molecular weight is 489 g/mol. The maximum Gasteiger partial charge on any atom is 0.393 e. The van der Waals surface area contributed by atoms with E-state index in [1.807, 2.05) is 18.2 Å². The zero-order valence-corrected chi connectivity index (χ0v) is 19.0. The van der Waals surface area contributed by atoms with Crippen molar-refractivity contribution in [1.29, 1.82) is 0 Å². The molecule has 7 nitrogen and oxygen atoms in total. The molecule has 6 rings (SSSR count). The summed E-state index contributed by atoms with van der Waals surface area (Å²) in [5.41, 5.74) is 2.75. The smallest absolute Gasteiger partial charge is 0.355 e. The summed E-state index contributed by atoms with van der Waals surface area (Å²) < 4.78 is 38.5. The number of H-pyrrole nitrogens is 2. The van der Waals surface area contributed by atoms with Crippen LogP contribution in [0.1, 0.15) is 29.7 Å². The number of aromatic nitrogens is 4. The second kappa shape index (κ2) is 7.81. The third-order valence-electron chi connectivity index (χ3n) is 6.96. The van der Waals surface area contributed by atoms with Gasteiger partial charge in [0.15, 0.2) is 0 Å². The van der Waals surface area contributed by atoms with Gasteiger partial charge in [-0.2, -0.15) is 13.2 Å². The highest BCUT2D eigenvalue weighted by Crippen LogP contribution is 2.48. The molecule has 0 amide bonds. The standard InChI is InChI=1S/C23H23F3N6OS/c24-23(25,26)8-15-6-16-19(28-12-29-20(16)34-15)32-10-22(11-32)4-3-14(7-22)27-9-13-1-2-17-18(5-13)31-21(33)30-17/h1-2,5-6,12,14,27H,3-4,7-11H2,(H2,30,31,33). The first kappa shape index (κ1) is 21.6. The molecule has 1 unspecified atom stereocenters. The average Bonchev–Trinajstić information content (AvgIpc) is 3.44. The number of nitrogens with one attached hydrogen (secondary N) is 3. The van der Waals surface area contributed by atoms with Crippen molar-refractivity contribution in [3.05, 3.63) is 51.5 Å². The lowest BCUT2D eigenvalue weighted by atomic mass is 9.78. The summed E-state index contributed by atoms with van der Waals surface area (Å²) in [7, 11) is 0. The summed E-state index contributed by atoms with van der Waals surface area (Å²) in [5.74, 6) is 0.741. The Morgan fingerprint density at radius 2 is 2.00 bits per heavy atom. The van der Waals surface area contributed by atoms with Gasteiger partial charge in [-0.1, -0.05) is 6.07 Å². The highest BCUT2D eigenvalue weighted by atomic mass is 32.1. The van der Waals surface area contributed by atoms with Crippen LogP contribution >= 0.6 is 11.3 Å². The number of hydrogen-bond acceptors (Lipinski definition) is 6. The highest BCUT2D eigenvalue weighted by Gasteiger charge is 2.48. The number of fused-ring (bicyclic) bond motifs is 2. The van der Waals surface area contributed by atoms with E-state index >= 15 is 0 Å². The van der Waals surface area contributed by atoms with Crippen molar-refractivity contribution in [2.45, 2.75) is 44.4 Å². The van der Waals surface area contributed by atoms with Crippen LogP contribution in [-0.4, -0.2) is 45.2 Å². The molecular formula is C23H23F3N6OS. The number of nitrogens with zero attached hydrogens (tertiary/aromatic N) is 3. The molecule has 4 heterocycles. The normalized spacial score (nSPS) is 20.0. The molecule has 1 atom stereocenters. The van der Waals surface area contributed by atoms with Gasteiger partial charge in [0.05, 0.1) is 22.8 Å². The molecule has 34 heavy (non-hydrogen) atoms. The van der Waals surface area contributed by atoms with E-state index in [0.29, 0.717) is 16.3 Å². The quantitative estimate of drug-likeness (QED) is 0.393. The van der Waals surface area contributed by atoms with E-state index in [9.17, 15) is 18.0 Å². The fraction of sp³-hybridized carbons (Fsp3) is 0.435. The van der Waals surface area contributed by atoms with E-state index in [0.717, 1.165) is 72.6 Å². The molecule has 1 aliphatic carbocycles. The van der Waals surface area contributed by atoms with Gasteiger partial charge in [0, 0.05) is 36.0 Å². The number of halogens is 3. The number of thiophene rings is 1. The lowest BCUT2D eigenvalue weighted by Crippen LogP contribution is -2.56. The van der Waals surface area contributed by atoms with Crippen molar-refractivity contribution in [2.24, 2.45) is 5.41 Å². The largest absolute Gasteiger partial charge is 0.393 e. The molecule has 1 spiro atoms. The molecule has 0 radical (unpaired) electrons. The summed E-state index contributed by atoms with van der Waals surface area (Å²) >= 11 is 1.09. The van der Waals surface area contributed by atoms with E-state index in [-0.39, 0.29) is 16.0 Å². The van der Waals surface area contributed by atoms with Crippen molar-refractivity contribution < 1.29 is 13.2 Å². The zero-order chi connectivity index (χ0) is 23.5. The molecule has 0 bridgehead atoms. The molecular weight excluding hydrogens is 465 g/mol. The molecule has 11 heteroatoms. The summed E-state index contributed by atoms with van der Waals surface area (Å²) in [5, 5.41) is 4.37. The molecule has 3 aromatic heterocycles. The number of alkyl halides is 3. The Kier molecular flexibility index (Phi) is 4.96. The fourth-order valence-electron chi connectivity index (χ4n) is 5.46. The maximum absolute atomic E-state index is 12.8. The Labute approximate surface area is 196 Å². The summed E-state index contributed by atoms with van der Waals surface area (Å²) in [6.45, 7) is 2.45. The second-order valence-corrected chi connectivity index (χ2v) is 10.7. The van der Waals surface area contributed by atoms with Crippen LogP contribution in [-0.2, 0) is 13.0 Å². The molecule has 1 saturated heterocycles. The lowest BCUT2D eigenvalue weighted by Gasteiger charge is -2.49. The van der Waals surface area contributed by atoms with Crippen molar-refractivity contribution in [1.82, 2.24) is 25.3 Å². The van der Waals surface area contributed by atoms with Crippen LogP contribution in [0.25, 0.3) is 21.3 Å². The number of imidazole rings is 1. The molecule has 1 aliphatic heterocycles. The number of rotatable bonds is 5. The van der Waals surface area contributed by atoms with Gasteiger partial charge in [0.25, 0.3) is 0 Å². The van der Waals surface area contributed by atoms with Crippen molar-refractivity contribution in [3.63, 3.8) is 0 Å². The molecule has 1 saturated carbocycles. The minimum atomic E-state index is -4.23. The first-order chi connectivity index (χ1) is 16.3. The first-order valence-corrected chi connectivity index (χ1v) is 12.1. The van der Waals surface area contributed by atoms with Gasteiger partial charge in [-0.15, -0.1) is 11.3 Å². The Balaban J connectivity index is 1.09. The SMILES string of the molecule is O=c1[nH]c2ccc(CNC3CCC4(C3)CN(c3ncnc5sc(CC(F)(F)F)cc35)C4)cc2[nH]1. The van der Waals surface area contributed by atoms with Crippen LogP contribution in [0, 0.1) is 5.41 Å². The van der Waals surface area contributed by atoms with Crippen LogP contribution < -0.4 is 15.9 Å². The van der Waals surface area contributed by atoms with Gasteiger partial charge >= 0.3 is 11.9 Å². The summed E-state index contributed by atoms with van der Waals surface area (Å²) in [6, 6.07) is 7.93. The Morgan fingerprint density at radius 1 is 1.18 bits per heavy atom. The topological polar surface area (TPSA) is 89.7 Å². The van der Waals surface area contributed by atoms with Crippen LogP contribution in [0.5, 0.6) is 0 Å². The number of anilines is 1. The Bertz CT molecular complexity index is 1420. The molecule has 178 valence electrons.